The van der Waals surface area contributed by atoms with Crippen LogP contribution in [0.1, 0.15) is 0 Å². The highest BCUT2D eigenvalue weighted by Crippen LogP contribution is 2.31. The summed E-state index contributed by atoms with van der Waals surface area (Å²) in [7, 11) is 1.67. The van der Waals surface area contributed by atoms with Crippen LogP contribution in [0.15, 0.2) is 59.2 Å². The van der Waals surface area contributed by atoms with Crippen molar-refractivity contribution in [3.8, 4) is 5.75 Å². The molecule has 0 saturated heterocycles. The molecule has 3 aromatic rings. The second kappa shape index (κ2) is 5.51. The van der Waals surface area contributed by atoms with Gasteiger partial charge in [-0.1, -0.05) is 28.1 Å². The fraction of sp³-hybridized carbons (Fsp3) is 0.0625. The molecular weight excluding hydrogens is 316 g/mol. The van der Waals surface area contributed by atoms with E-state index in [9.17, 15) is 0 Å². The maximum absolute atomic E-state index is 5.36. The molecule has 0 radical (unpaired) electrons. The molecular formula is C16H13BrN2O. The lowest BCUT2D eigenvalue weighted by Gasteiger charge is -2.12. The average molecular weight is 329 g/mol. The highest BCUT2D eigenvalue weighted by molar-refractivity contribution is 9.10. The molecule has 1 heterocycles. The first-order valence-corrected chi connectivity index (χ1v) is 7.01. The number of methoxy groups -OCH3 is 1. The lowest BCUT2D eigenvalue weighted by molar-refractivity contribution is 0.417. The minimum Gasteiger partial charge on any atom is -0.495 e. The highest BCUT2D eigenvalue weighted by atomic mass is 79.9. The summed E-state index contributed by atoms with van der Waals surface area (Å²) in [4.78, 5) is 4.39. The Hall–Kier alpha value is -2.07. The van der Waals surface area contributed by atoms with Crippen molar-refractivity contribution in [2.24, 2.45) is 0 Å². The van der Waals surface area contributed by atoms with Gasteiger partial charge in [-0.3, -0.25) is 4.98 Å². The molecule has 100 valence electrons. The number of halogens is 1. The fourth-order valence-electron chi connectivity index (χ4n) is 2.12. The van der Waals surface area contributed by atoms with Crippen LogP contribution in [-0.4, -0.2) is 12.1 Å². The third-order valence-electron chi connectivity index (χ3n) is 3.08. The first-order valence-electron chi connectivity index (χ1n) is 6.22. The maximum atomic E-state index is 5.36. The molecule has 2 aromatic carbocycles. The lowest BCUT2D eigenvalue weighted by atomic mass is 10.2. The number of pyridine rings is 1. The van der Waals surface area contributed by atoms with E-state index in [2.05, 4.69) is 26.2 Å². The summed E-state index contributed by atoms with van der Waals surface area (Å²) in [5, 5.41) is 4.48. The summed E-state index contributed by atoms with van der Waals surface area (Å²) in [6.07, 6.45) is 1.80. The van der Waals surface area contributed by atoms with Crippen molar-refractivity contribution in [3.05, 3.63) is 59.2 Å². The molecule has 0 amide bonds. The Morgan fingerprint density at radius 2 is 1.90 bits per heavy atom. The highest BCUT2D eigenvalue weighted by Gasteiger charge is 2.06. The van der Waals surface area contributed by atoms with Crippen molar-refractivity contribution in [1.82, 2.24) is 4.98 Å². The maximum Gasteiger partial charge on any atom is 0.142 e. The molecule has 20 heavy (non-hydrogen) atoms. The van der Waals surface area contributed by atoms with Gasteiger partial charge in [0.05, 0.1) is 18.3 Å². The number of nitrogens with zero attached hydrogens (tertiary/aromatic N) is 1. The summed E-state index contributed by atoms with van der Waals surface area (Å²) in [6, 6.07) is 15.9. The topological polar surface area (TPSA) is 34.1 Å². The molecule has 0 aliphatic heterocycles. The predicted molar refractivity (Wildman–Crippen MR) is 85.7 cm³/mol. The van der Waals surface area contributed by atoms with Crippen molar-refractivity contribution in [3.63, 3.8) is 0 Å². The van der Waals surface area contributed by atoms with E-state index in [0.717, 1.165) is 32.5 Å². The van der Waals surface area contributed by atoms with Crippen LogP contribution in [0.4, 0.5) is 11.4 Å². The standard InChI is InChI=1S/C16H13BrN2O/c1-20-16-5-3-2-4-14(16)19-13-8-9-18-15-10-11(17)6-7-12(13)15/h2-10H,1H3,(H,18,19). The normalized spacial score (nSPS) is 10.5. The van der Waals surface area contributed by atoms with E-state index in [4.69, 9.17) is 4.74 Å². The van der Waals surface area contributed by atoms with E-state index in [1.807, 2.05) is 48.5 Å². The summed E-state index contributed by atoms with van der Waals surface area (Å²) in [5.74, 6) is 0.814. The SMILES string of the molecule is COc1ccccc1Nc1ccnc2cc(Br)ccc12. The van der Waals surface area contributed by atoms with Crippen LogP contribution in [0.2, 0.25) is 0 Å². The van der Waals surface area contributed by atoms with Gasteiger partial charge in [0, 0.05) is 21.7 Å². The Morgan fingerprint density at radius 1 is 1.05 bits per heavy atom. The number of nitrogens with one attached hydrogen (secondary N) is 1. The fourth-order valence-corrected chi connectivity index (χ4v) is 2.47. The summed E-state index contributed by atoms with van der Waals surface area (Å²) in [6.45, 7) is 0. The lowest BCUT2D eigenvalue weighted by Crippen LogP contribution is -1.95. The molecule has 0 spiro atoms. The van der Waals surface area contributed by atoms with Gasteiger partial charge in [0.1, 0.15) is 5.75 Å². The molecule has 3 rings (SSSR count). The Morgan fingerprint density at radius 3 is 2.75 bits per heavy atom. The number of fused-ring (bicyclic) bond motifs is 1. The van der Waals surface area contributed by atoms with Crippen LogP contribution < -0.4 is 10.1 Å². The van der Waals surface area contributed by atoms with Crippen LogP contribution in [0.5, 0.6) is 5.75 Å². The van der Waals surface area contributed by atoms with Crippen molar-refractivity contribution in [1.29, 1.82) is 0 Å². The van der Waals surface area contributed by atoms with Gasteiger partial charge >= 0.3 is 0 Å². The van der Waals surface area contributed by atoms with Gasteiger partial charge in [0.15, 0.2) is 0 Å². The van der Waals surface area contributed by atoms with E-state index < -0.39 is 0 Å². The molecule has 0 unspecified atom stereocenters. The number of rotatable bonds is 3. The number of para-hydroxylation sites is 2. The zero-order chi connectivity index (χ0) is 13.9. The Labute approximate surface area is 125 Å². The van der Waals surface area contributed by atoms with Gasteiger partial charge in [-0.25, -0.2) is 0 Å². The quantitative estimate of drug-likeness (QED) is 0.753. The zero-order valence-electron chi connectivity index (χ0n) is 10.9. The molecule has 4 heteroatoms. The van der Waals surface area contributed by atoms with Crippen LogP contribution in [0.3, 0.4) is 0 Å². The molecule has 0 aliphatic rings. The van der Waals surface area contributed by atoms with Crippen molar-refractivity contribution < 1.29 is 4.74 Å². The molecule has 0 aliphatic carbocycles. The van der Waals surface area contributed by atoms with Gasteiger partial charge in [0.2, 0.25) is 0 Å². The molecule has 0 fully saturated rings. The van der Waals surface area contributed by atoms with E-state index in [1.54, 1.807) is 13.3 Å². The number of hydrogen-bond donors (Lipinski definition) is 1. The van der Waals surface area contributed by atoms with Crippen LogP contribution in [-0.2, 0) is 0 Å². The molecule has 0 bridgehead atoms. The van der Waals surface area contributed by atoms with Crippen molar-refractivity contribution in [2.45, 2.75) is 0 Å². The minimum atomic E-state index is 0.814. The third kappa shape index (κ3) is 2.47. The van der Waals surface area contributed by atoms with E-state index >= 15 is 0 Å². The van der Waals surface area contributed by atoms with Gasteiger partial charge in [-0.15, -0.1) is 0 Å². The van der Waals surface area contributed by atoms with Gasteiger partial charge in [0.25, 0.3) is 0 Å². The molecule has 1 N–H and O–H groups in total. The Kier molecular flexibility index (Phi) is 3.56. The van der Waals surface area contributed by atoms with Crippen LogP contribution in [0, 0.1) is 0 Å². The second-order valence-electron chi connectivity index (χ2n) is 4.35. The molecule has 1 aromatic heterocycles. The molecule has 0 atom stereocenters. The van der Waals surface area contributed by atoms with E-state index in [-0.39, 0.29) is 0 Å². The zero-order valence-corrected chi connectivity index (χ0v) is 12.5. The largest absolute Gasteiger partial charge is 0.495 e. The van der Waals surface area contributed by atoms with Gasteiger partial charge < -0.3 is 10.1 Å². The van der Waals surface area contributed by atoms with E-state index in [1.165, 1.54) is 0 Å². The average Bonchev–Trinajstić information content (AvgIpc) is 2.47. The van der Waals surface area contributed by atoms with Gasteiger partial charge in [-0.05, 0) is 36.4 Å². The number of ether oxygens (including phenoxy) is 1. The summed E-state index contributed by atoms with van der Waals surface area (Å²) < 4.78 is 6.38. The summed E-state index contributed by atoms with van der Waals surface area (Å²) >= 11 is 3.47. The number of hydrogen-bond acceptors (Lipinski definition) is 3. The minimum absolute atomic E-state index is 0.814. The van der Waals surface area contributed by atoms with Gasteiger partial charge in [-0.2, -0.15) is 0 Å². The Balaban J connectivity index is 2.07. The van der Waals surface area contributed by atoms with Crippen LogP contribution >= 0.6 is 15.9 Å². The second-order valence-corrected chi connectivity index (χ2v) is 5.26. The van der Waals surface area contributed by atoms with E-state index in [0.29, 0.717) is 0 Å². The number of benzene rings is 2. The monoisotopic (exact) mass is 328 g/mol. The summed E-state index contributed by atoms with van der Waals surface area (Å²) in [5.41, 5.74) is 2.89. The van der Waals surface area contributed by atoms with Crippen molar-refractivity contribution >= 4 is 38.2 Å². The Bertz CT molecular complexity index is 758. The first kappa shape index (κ1) is 12.9. The predicted octanol–water partition coefficient (Wildman–Crippen LogP) is 4.75. The molecule has 0 saturated carbocycles. The smallest absolute Gasteiger partial charge is 0.142 e. The first-order chi connectivity index (χ1) is 9.78. The van der Waals surface area contributed by atoms with Crippen LogP contribution in [0.25, 0.3) is 10.9 Å². The number of aromatic nitrogens is 1. The molecule has 3 nitrogen and oxygen atoms in total. The van der Waals surface area contributed by atoms with Crippen molar-refractivity contribution in [2.75, 3.05) is 12.4 Å². The third-order valence-corrected chi connectivity index (χ3v) is 3.57. The number of anilines is 2.